The molecular formula is C13H14FN3OS. The van der Waals surface area contributed by atoms with Gasteiger partial charge in [-0.3, -0.25) is 10.6 Å². The van der Waals surface area contributed by atoms with Crippen LogP contribution in [-0.2, 0) is 6.42 Å². The molecule has 4 nitrogen and oxygen atoms in total. The van der Waals surface area contributed by atoms with E-state index < -0.39 is 5.82 Å². The molecule has 0 aliphatic carbocycles. The van der Waals surface area contributed by atoms with E-state index in [1.807, 2.05) is 16.8 Å². The Bertz CT molecular complexity index is 557. The van der Waals surface area contributed by atoms with Crippen LogP contribution in [0.1, 0.15) is 15.9 Å². The molecule has 0 atom stereocenters. The lowest BCUT2D eigenvalue weighted by atomic mass is 10.1. The number of nitrogens with two attached hydrogens (primary N) is 1. The van der Waals surface area contributed by atoms with Gasteiger partial charge in [0.05, 0.1) is 11.3 Å². The van der Waals surface area contributed by atoms with Crippen LogP contribution in [0.5, 0.6) is 0 Å². The maximum Gasteiger partial charge on any atom is 0.253 e. The fraction of sp³-hybridized carbons (Fsp3) is 0.154. The van der Waals surface area contributed by atoms with E-state index in [-0.39, 0.29) is 17.2 Å². The number of hydrogen-bond donors (Lipinski definition) is 3. The molecule has 4 N–H and O–H groups in total. The molecular weight excluding hydrogens is 265 g/mol. The van der Waals surface area contributed by atoms with Crippen LogP contribution >= 0.6 is 11.3 Å². The molecule has 0 fully saturated rings. The SMILES string of the molecule is NNc1c(F)cccc1C(=O)NCCc1ccsc1. The van der Waals surface area contributed by atoms with E-state index in [2.05, 4.69) is 10.7 Å². The predicted molar refractivity (Wildman–Crippen MR) is 74.6 cm³/mol. The number of hydrogen-bond acceptors (Lipinski definition) is 4. The molecule has 2 rings (SSSR count). The summed E-state index contributed by atoms with van der Waals surface area (Å²) in [6, 6.07) is 6.26. The highest BCUT2D eigenvalue weighted by Gasteiger charge is 2.13. The van der Waals surface area contributed by atoms with Gasteiger partial charge in [-0.25, -0.2) is 4.39 Å². The molecule has 0 aliphatic rings. The minimum atomic E-state index is -0.548. The van der Waals surface area contributed by atoms with E-state index in [1.54, 1.807) is 11.3 Å². The third-order valence-electron chi connectivity index (χ3n) is 2.68. The van der Waals surface area contributed by atoms with Crippen LogP contribution in [0.15, 0.2) is 35.0 Å². The Labute approximate surface area is 114 Å². The standard InChI is InChI=1S/C13H14FN3OS/c14-11-3-1-2-10(12(11)17-15)13(18)16-6-4-9-5-7-19-8-9/h1-3,5,7-8,17H,4,6,15H2,(H,16,18). The van der Waals surface area contributed by atoms with Crippen molar-refractivity contribution in [2.75, 3.05) is 12.0 Å². The molecule has 2 aromatic rings. The van der Waals surface area contributed by atoms with Crippen molar-refractivity contribution in [2.24, 2.45) is 5.84 Å². The van der Waals surface area contributed by atoms with E-state index in [1.165, 1.54) is 23.8 Å². The number of para-hydroxylation sites is 1. The highest BCUT2D eigenvalue weighted by Crippen LogP contribution is 2.18. The van der Waals surface area contributed by atoms with Crippen molar-refractivity contribution in [1.82, 2.24) is 5.32 Å². The first-order chi connectivity index (χ1) is 9.22. The molecule has 0 spiro atoms. The fourth-order valence-corrected chi connectivity index (χ4v) is 2.41. The number of amides is 1. The zero-order valence-electron chi connectivity index (χ0n) is 10.2. The number of benzene rings is 1. The molecule has 0 saturated heterocycles. The first-order valence-electron chi connectivity index (χ1n) is 5.76. The van der Waals surface area contributed by atoms with Gasteiger partial charge in [-0.05, 0) is 40.9 Å². The average Bonchev–Trinajstić information content (AvgIpc) is 2.91. The molecule has 1 aromatic carbocycles. The summed E-state index contributed by atoms with van der Waals surface area (Å²) < 4.78 is 13.4. The van der Waals surface area contributed by atoms with Crippen molar-refractivity contribution < 1.29 is 9.18 Å². The molecule has 0 bridgehead atoms. The van der Waals surface area contributed by atoms with Gasteiger partial charge in [0.15, 0.2) is 0 Å². The number of carbonyl (C=O) groups is 1. The zero-order valence-corrected chi connectivity index (χ0v) is 11.0. The minimum absolute atomic E-state index is 0.00975. The van der Waals surface area contributed by atoms with Gasteiger partial charge in [-0.1, -0.05) is 6.07 Å². The predicted octanol–water partition coefficient (Wildman–Crippen LogP) is 2.15. The Morgan fingerprint density at radius 1 is 1.37 bits per heavy atom. The highest BCUT2D eigenvalue weighted by atomic mass is 32.1. The Morgan fingerprint density at radius 2 is 2.21 bits per heavy atom. The monoisotopic (exact) mass is 279 g/mol. The number of nitrogen functional groups attached to an aromatic ring is 1. The van der Waals surface area contributed by atoms with Crippen LogP contribution in [0.2, 0.25) is 0 Å². The molecule has 100 valence electrons. The third-order valence-corrected chi connectivity index (χ3v) is 3.41. The van der Waals surface area contributed by atoms with Gasteiger partial charge in [0, 0.05) is 6.54 Å². The van der Waals surface area contributed by atoms with Gasteiger partial charge < -0.3 is 10.7 Å². The maximum atomic E-state index is 13.4. The van der Waals surface area contributed by atoms with Crippen molar-refractivity contribution in [3.63, 3.8) is 0 Å². The van der Waals surface area contributed by atoms with Gasteiger partial charge in [0.2, 0.25) is 0 Å². The third kappa shape index (κ3) is 3.30. The Morgan fingerprint density at radius 3 is 2.89 bits per heavy atom. The second-order valence-electron chi connectivity index (χ2n) is 3.94. The largest absolute Gasteiger partial charge is 0.352 e. The summed E-state index contributed by atoms with van der Waals surface area (Å²) in [7, 11) is 0. The van der Waals surface area contributed by atoms with Gasteiger partial charge >= 0.3 is 0 Å². The van der Waals surface area contributed by atoms with E-state index >= 15 is 0 Å². The lowest BCUT2D eigenvalue weighted by molar-refractivity contribution is 0.0954. The van der Waals surface area contributed by atoms with Gasteiger partial charge in [0.1, 0.15) is 5.82 Å². The maximum absolute atomic E-state index is 13.4. The smallest absolute Gasteiger partial charge is 0.253 e. The number of thiophene rings is 1. The van der Waals surface area contributed by atoms with E-state index in [0.717, 1.165) is 6.42 Å². The number of hydrazine groups is 1. The molecule has 1 aromatic heterocycles. The van der Waals surface area contributed by atoms with Crippen LogP contribution in [0.3, 0.4) is 0 Å². The van der Waals surface area contributed by atoms with Crippen LogP contribution in [0.25, 0.3) is 0 Å². The summed E-state index contributed by atoms with van der Waals surface area (Å²) in [6.45, 7) is 0.496. The van der Waals surface area contributed by atoms with E-state index in [9.17, 15) is 9.18 Å². The molecule has 1 heterocycles. The molecule has 1 amide bonds. The molecule has 0 saturated carbocycles. The Hall–Kier alpha value is -1.92. The van der Waals surface area contributed by atoms with Gasteiger partial charge in [-0.2, -0.15) is 11.3 Å². The number of halogens is 1. The normalized spacial score (nSPS) is 10.2. The van der Waals surface area contributed by atoms with Crippen LogP contribution < -0.4 is 16.6 Å². The molecule has 0 unspecified atom stereocenters. The van der Waals surface area contributed by atoms with Gasteiger partial charge in [-0.15, -0.1) is 0 Å². The minimum Gasteiger partial charge on any atom is -0.352 e. The Balaban J connectivity index is 1.98. The molecule has 0 radical (unpaired) electrons. The van der Waals surface area contributed by atoms with Crippen molar-refractivity contribution in [2.45, 2.75) is 6.42 Å². The van der Waals surface area contributed by atoms with Crippen molar-refractivity contribution >= 4 is 22.9 Å². The molecule has 19 heavy (non-hydrogen) atoms. The van der Waals surface area contributed by atoms with Crippen LogP contribution in [0, 0.1) is 5.82 Å². The van der Waals surface area contributed by atoms with E-state index in [4.69, 9.17) is 5.84 Å². The first-order valence-corrected chi connectivity index (χ1v) is 6.71. The summed E-state index contributed by atoms with van der Waals surface area (Å²) >= 11 is 1.61. The van der Waals surface area contributed by atoms with Gasteiger partial charge in [0.25, 0.3) is 5.91 Å². The summed E-state index contributed by atoms with van der Waals surface area (Å²) in [5, 5.41) is 6.76. The second kappa shape index (κ2) is 6.31. The van der Waals surface area contributed by atoms with Crippen LogP contribution in [-0.4, -0.2) is 12.5 Å². The summed E-state index contributed by atoms with van der Waals surface area (Å²) in [5.41, 5.74) is 3.59. The second-order valence-corrected chi connectivity index (χ2v) is 4.72. The van der Waals surface area contributed by atoms with Crippen molar-refractivity contribution in [3.05, 3.63) is 52.0 Å². The average molecular weight is 279 g/mol. The van der Waals surface area contributed by atoms with Crippen molar-refractivity contribution in [1.29, 1.82) is 0 Å². The molecule has 6 heteroatoms. The summed E-state index contributed by atoms with van der Waals surface area (Å²) in [6.07, 6.45) is 0.746. The number of anilines is 1. The summed E-state index contributed by atoms with van der Waals surface area (Å²) in [4.78, 5) is 11.9. The van der Waals surface area contributed by atoms with E-state index in [0.29, 0.717) is 6.54 Å². The fourth-order valence-electron chi connectivity index (χ4n) is 1.71. The van der Waals surface area contributed by atoms with Crippen LogP contribution in [0.4, 0.5) is 10.1 Å². The Kier molecular flexibility index (Phi) is 4.48. The topological polar surface area (TPSA) is 67.1 Å². The lowest BCUT2D eigenvalue weighted by Gasteiger charge is -2.10. The number of nitrogens with one attached hydrogen (secondary N) is 2. The zero-order chi connectivity index (χ0) is 13.7. The lowest BCUT2D eigenvalue weighted by Crippen LogP contribution is -2.27. The number of carbonyl (C=O) groups excluding carboxylic acids is 1. The highest BCUT2D eigenvalue weighted by molar-refractivity contribution is 7.07. The first kappa shape index (κ1) is 13.5. The summed E-state index contributed by atoms with van der Waals surface area (Å²) in [5.74, 6) is 4.33. The number of rotatable bonds is 5. The van der Waals surface area contributed by atoms with Crippen molar-refractivity contribution in [3.8, 4) is 0 Å². The quantitative estimate of drug-likeness (QED) is 0.580. The molecule has 0 aliphatic heterocycles.